The van der Waals surface area contributed by atoms with E-state index in [1.54, 1.807) is 6.92 Å². The molecule has 1 atom stereocenters. The first-order valence-electron chi connectivity index (χ1n) is 6.44. The molecule has 1 aromatic carbocycles. The van der Waals surface area contributed by atoms with Crippen LogP contribution in [0.15, 0.2) is 23.1 Å². The highest BCUT2D eigenvalue weighted by Crippen LogP contribution is 2.23. The van der Waals surface area contributed by atoms with Crippen LogP contribution in [0.25, 0.3) is 0 Å². The molecule has 116 valence electrons. The van der Waals surface area contributed by atoms with Crippen LogP contribution in [-0.2, 0) is 21.1 Å². The first kappa shape index (κ1) is 17.2. The molecule has 0 aliphatic carbocycles. The molecule has 0 radical (unpaired) electrons. The Morgan fingerprint density at radius 1 is 1.29 bits per heavy atom. The Kier molecular flexibility index (Phi) is 5.11. The molecular weight excluding hydrogens is 294 g/mol. The van der Waals surface area contributed by atoms with Crippen molar-refractivity contribution < 1.29 is 23.1 Å². The number of sulfone groups is 1. The number of carboxylic acids is 1. The van der Waals surface area contributed by atoms with E-state index in [0.717, 1.165) is 6.07 Å². The number of carbonyl (C=O) groups is 2. The van der Waals surface area contributed by atoms with Crippen molar-refractivity contribution in [2.45, 2.75) is 30.4 Å². The first-order valence-corrected chi connectivity index (χ1v) is 7.98. The van der Waals surface area contributed by atoms with E-state index in [4.69, 9.17) is 5.11 Å². The number of nitrogens with zero attached hydrogens (tertiary/aromatic N) is 1. The van der Waals surface area contributed by atoms with Crippen LogP contribution in [0.4, 0.5) is 0 Å². The predicted octanol–water partition coefficient (Wildman–Crippen LogP) is 1.20. The third-order valence-corrected chi connectivity index (χ3v) is 5.38. The van der Waals surface area contributed by atoms with Crippen LogP contribution in [0.5, 0.6) is 0 Å². The van der Waals surface area contributed by atoms with Crippen LogP contribution < -0.4 is 0 Å². The largest absolute Gasteiger partial charge is 0.478 e. The van der Waals surface area contributed by atoms with Gasteiger partial charge in [-0.1, -0.05) is 13.0 Å². The molecular formula is C14H19NO5S. The highest BCUT2D eigenvalue weighted by atomic mass is 32.2. The van der Waals surface area contributed by atoms with E-state index in [2.05, 4.69) is 0 Å². The normalized spacial score (nSPS) is 12.8. The lowest BCUT2D eigenvalue weighted by Gasteiger charge is -2.19. The number of carbonyl (C=O) groups excluding carboxylic acids is 1. The molecule has 21 heavy (non-hydrogen) atoms. The Bertz CT molecular complexity index is 664. The summed E-state index contributed by atoms with van der Waals surface area (Å²) in [6.45, 7) is 3.08. The van der Waals surface area contributed by atoms with E-state index < -0.39 is 27.0 Å². The molecule has 6 nitrogen and oxygen atoms in total. The predicted molar refractivity (Wildman–Crippen MR) is 78.1 cm³/mol. The molecule has 0 bridgehead atoms. The number of benzene rings is 1. The van der Waals surface area contributed by atoms with E-state index in [-0.39, 0.29) is 10.5 Å². The van der Waals surface area contributed by atoms with Gasteiger partial charge in [-0.25, -0.2) is 13.2 Å². The van der Waals surface area contributed by atoms with Crippen LogP contribution in [-0.4, -0.2) is 49.6 Å². The summed E-state index contributed by atoms with van der Waals surface area (Å²) in [6.07, 6.45) is 0.428. The Morgan fingerprint density at radius 2 is 1.86 bits per heavy atom. The van der Waals surface area contributed by atoms with Crippen LogP contribution in [0.1, 0.15) is 29.8 Å². The quantitative estimate of drug-likeness (QED) is 0.882. The van der Waals surface area contributed by atoms with E-state index in [9.17, 15) is 18.0 Å². The first-order chi connectivity index (χ1) is 9.62. The highest BCUT2D eigenvalue weighted by molar-refractivity contribution is 7.92. The van der Waals surface area contributed by atoms with Crippen LogP contribution in [0, 0.1) is 0 Å². The zero-order valence-electron chi connectivity index (χ0n) is 12.5. The standard InChI is InChI=1S/C14H19NO5S/c1-5-10-6-7-11(14(17)18)8-12(10)21(19,20)9(2)13(16)15(3)4/h6-9H,5H2,1-4H3,(H,17,18). The number of hydrogen-bond donors (Lipinski definition) is 1. The second-order valence-corrected chi connectivity index (χ2v) is 7.14. The zero-order chi connectivity index (χ0) is 16.4. The van der Waals surface area contributed by atoms with Gasteiger partial charge in [-0.2, -0.15) is 0 Å². The van der Waals surface area contributed by atoms with Crippen molar-refractivity contribution in [2.24, 2.45) is 0 Å². The van der Waals surface area contributed by atoms with E-state index in [0.29, 0.717) is 12.0 Å². The number of aryl methyl sites for hydroxylation is 1. The van der Waals surface area contributed by atoms with Gasteiger partial charge in [-0.3, -0.25) is 4.79 Å². The van der Waals surface area contributed by atoms with Crippen molar-refractivity contribution >= 4 is 21.7 Å². The fraction of sp³-hybridized carbons (Fsp3) is 0.429. The Labute approximate surface area is 124 Å². The highest BCUT2D eigenvalue weighted by Gasteiger charge is 2.32. The second kappa shape index (κ2) is 6.26. The summed E-state index contributed by atoms with van der Waals surface area (Å²) in [6, 6.07) is 3.96. The van der Waals surface area contributed by atoms with Crippen LogP contribution in [0.3, 0.4) is 0 Å². The minimum absolute atomic E-state index is 0.0902. The van der Waals surface area contributed by atoms with Crippen molar-refractivity contribution in [3.63, 3.8) is 0 Å². The molecule has 1 aromatic rings. The number of carboxylic acid groups (broad SMARTS) is 1. The summed E-state index contributed by atoms with van der Waals surface area (Å²) in [5, 5.41) is 7.74. The number of aromatic carboxylic acids is 1. The van der Waals surface area contributed by atoms with Gasteiger partial charge in [0.2, 0.25) is 5.91 Å². The maximum atomic E-state index is 12.6. The van der Waals surface area contributed by atoms with Gasteiger partial charge in [0.25, 0.3) is 0 Å². The minimum Gasteiger partial charge on any atom is -0.478 e. The summed E-state index contributed by atoms with van der Waals surface area (Å²) < 4.78 is 25.2. The summed E-state index contributed by atoms with van der Waals surface area (Å²) >= 11 is 0. The van der Waals surface area contributed by atoms with Gasteiger partial charge in [0.15, 0.2) is 9.84 Å². The van der Waals surface area contributed by atoms with Crippen molar-refractivity contribution in [2.75, 3.05) is 14.1 Å². The molecule has 1 unspecified atom stereocenters. The maximum Gasteiger partial charge on any atom is 0.335 e. The van der Waals surface area contributed by atoms with Gasteiger partial charge in [-0.05, 0) is 31.0 Å². The van der Waals surface area contributed by atoms with Crippen molar-refractivity contribution in [3.05, 3.63) is 29.3 Å². The van der Waals surface area contributed by atoms with E-state index >= 15 is 0 Å². The summed E-state index contributed by atoms with van der Waals surface area (Å²) in [7, 11) is -0.987. The Balaban J connectivity index is 3.45. The molecule has 0 spiro atoms. The number of hydrogen-bond acceptors (Lipinski definition) is 4. The lowest BCUT2D eigenvalue weighted by Crippen LogP contribution is -2.37. The lowest BCUT2D eigenvalue weighted by molar-refractivity contribution is -0.127. The Morgan fingerprint density at radius 3 is 2.29 bits per heavy atom. The number of amides is 1. The average Bonchev–Trinajstić information content (AvgIpc) is 2.44. The maximum absolute atomic E-state index is 12.6. The smallest absolute Gasteiger partial charge is 0.335 e. The molecule has 0 heterocycles. The SMILES string of the molecule is CCc1ccc(C(=O)O)cc1S(=O)(=O)C(C)C(=O)N(C)C. The monoisotopic (exact) mass is 313 g/mol. The lowest BCUT2D eigenvalue weighted by atomic mass is 10.1. The summed E-state index contributed by atoms with van der Waals surface area (Å²) in [5.74, 6) is -1.75. The van der Waals surface area contributed by atoms with Crippen molar-refractivity contribution in [1.82, 2.24) is 4.90 Å². The zero-order valence-corrected chi connectivity index (χ0v) is 13.3. The van der Waals surface area contributed by atoms with Gasteiger partial charge in [0.1, 0.15) is 5.25 Å². The molecule has 0 saturated carbocycles. The fourth-order valence-electron chi connectivity index (χ4n) is 1.93. The molecule has 1 amide bonds. The molecule has 0 aromatic heterocycles. The molecule has 0 fully saturated rings. The molecule has 0 aliphatic rings. The van der Waals surface area contributed by atoms with Crippen molar-refractivity contribution in [3.8, 4) is 0 Å². The van der Waals surface area contributed by atoms with E-state index in [1.807, 2.05) is 0 Å². The van der Waals surface area contributed by atoms with Crippen molar-refractivity contribution in [1.29, 1.82) is 0 Å². The summed E-state index contributed by atoms with van der Waals surface area (Å²) in [4.78, 5) is 24.0. The third-order valence-electron chi connectivity index (χ3n) is 3.26. The van der Waals surface area contributed by atoms with Crippen LogP contribution >= 0.6 is 0 Å². The average molecular weight is 313 g/mol. The van der Waals surface area contributed by atoms with Crippen LogP contribution in [0.2, 0.25) is 0 Å². The van der Waals surface area contributed by atoms with Gasteiger partial charge in [-0.15, -0.1) is 0 Å². The molecule has 1 rings (SSSR count). The van der Waals surface area contributed by atoms with Gasteiger partial charge in [0, 0.05) is 14.1 Å². The molecule has 7 heteroatoms. The van der Waals surface area contributed by atoms with Gasteiger partial charge in [0.05, 0.1) is 10.5 Å². The summed E-state index contributed by atoms with van der Waals surface area (Å²) in [5.41, 5.74) is 0.383. The molecule has 1 N–H and O–H groups in total. The number of rotatable bonds is 5. The van der Waals surface area contributed by atoms with Gasteiger partial charge >= 0.3 is 5.97 Å². The minimum atomic E-state index is -3.94. The van der Waals surface area contributed by atoms with Gasteiger partial charge < -0.3 is 10.0 Å². The molecule has 0 saturated heterocycles. The topological polar surface area (TPSA) is 91.7 Å². The fourth-order valence-corrected chi connectivity index (χ4v) is 3.66. The third kappa shape index (κ3) is 3.41. The van der Waals surface area contributed by atoms with E-state index in [1.165, 1.54) is 38.1 Å². The second-order valence-electron chi connectivity index (χ2n) is 4.90. The molecule has 0 aliphatic heterocycles. The Hall–Kier alpha value is -1.89.